The van der Waals surface area contributed by atoms with Crippen LogP contribution in [-0.4, -0.2) is 35.6 Å². The standard InChI is InChI=1S/C28H27N3O5/c1-4-25(32)30-20-12-10-19(11-13-20)17(2)29-26(33)23-15-18(9-14-24(23)36-3)16-31-27(34)21-7-5-6-8-22(21)28(31)35/h5-15,17H,4,16H2,1-3H3,(H,29,33)(H,30,32). The van der Waals surface area contributed by atoms with Crippen molar-refractivity contribution in [2.24, 2.45) is 0 Å². The van der Waals surface area contributed by atoms with Crippen molar-refractivity contribution < 1.29 is 23.9 Å². The molecule has 3 aromatic rings. The van der Waals surface area contributed by atoms with Gasteiger partial charge in [-0.25, -0.2) is 0 Å². The van der Waals surface area contributed by atoms with Crippen LogP contribution in [0.3, 0.4) is 0 Å². The second-order valence-electron chi connectivity index (χ2n) is 8.50. The van der Waals surface area contributed by atoms with E-state index < -0.39 is 0 Å². The lowest BCUT2D eigenvalue weighted by molar-refractivity contribution is -0.115. The van der Waals surface area contributed by atoms with Crippen molar-refractivity contribution in [3.63, 3.8) is 0 Å². The molecule has 0 aliphatic carbocycles. The molecular weight excluding hydrogens is 458 g/mol. The average molecular weight is 486 g/mol. The Bertz CT molecular complexity index is 1300. The summed E-state index contributed by atoms with van der Waals surface area (Å²) in [4.78, 5) is 51.4. The number of imide groups is 1. The van der Waals surface area contributed by atoms with Crippen molar-refractivity contribution in [2.75, 3.05) is 12.4 Å². The maximum absolute atomic E-state index is 13.2. The number of carbonyl (C=O) groups is 4. The van der Waals surface area contributed by atoms with Crippen LogP contribution in [0.4, 0.5) is 5.69 Å². The molecule has 1 unspecified atom stereocenters. The highest BCUT2D eigenvalue weighted by Gasteiger charge is 2.35. The number of carbonyl (C=O) groups excluding carboxylic acids is 4. The number of ether oxygens (including phenoxy) is 1. The Hall–Kier alpha value is -4.46. The van der Waals surface area contributed by atoms with Crippen LogP contribution < -0.4 is 15.4 Å². The molecule has 0 saturated carbocycles. The fraction of sp³-hybridized carbons (Fsp3) is 0.214. The van der Waals surface area contributed by atoms with Gasteiger partial charge in [-0.15, -0.1) is 0 Å². The zero-order valence-corrected chi connectivity index (χ0v) is 20.3. The van der Waals surface area contributed by atoms with Crippen molar-refractivity contribution in [1.29, 1.82) is 0 Å². The van der Waals surface area contributed by atoms with Gasteiger partial charge in [-0.1, -0.05) is 37.3 Å². The molecule has 8 nitrogen and oxygen atoms in total. The van der Waals surface area contributed by atoms with Crippen LogP contribution in [0.15, 0.2) is 66.7 Å². The molecule has 3 aromatic carbocycles. The molecule has 1 atom stereocenters. The van der Waals surface area contributed by atoms with E-state index in [9.17, 15) is 19.2 Å². The number of anilines is 1. The third-order valence-electron chi connectivity index (χ3n) is 6.09. The monoisotopic (exact) mass is 485 g/mol. The quantitative estimate of drug-likeness (QED) is 0.462. The smallest absolute Gasteiger partial charge is 0.261 e. The Labute approximate surface area is 209 Å². The minimum atomic E-state index is -0.357. The molecule has 0 bridgehead atoms. The van der Waals surface area contributed by atoms with E-state index in [0.29, 0.717) is 40.1 Å². The number of hydrogen-bond donors (Lipinski definition) is 2. The van der Waals surface area contributed by atoms with Gasteiger partial charge in [-0.2, -0.15) is 0 Å². The second-order valence-corrected chi connectivity index (χ2v) is 8.50. The molecule has 2 N–H and O–H groups in total. The van der Waals surface area contributed by atoms with Gasteiger partial charge in [0.15, 0.2) is 0 Å². The third kappa shape index (κ3) is 4.98. The zero-order valence-electron chi connectivity index (χ0n) is 20.3. The predicted molar refractivity (Wildman–Crippen MR) is 135 cm³/mol. The number of hydrogen-bond acceptors (Lipinski definition) is 5. The van der Waals surface area contributed by atoms with Crippen molar-refractivity contribution in [2.45, 2.75) is 32.9 Å². The number of rotatable bonds is 8. The van der Waals surface area contributed by atoms with Crippen LogP contribution in [0, 0.1) is 0 Å². The van der Waals surface area contributed by atoms with E-state index in [0.717, 1.165) is 5.56 Å². The molecule has 8 heteroatoms. The summed E-state index contributed by atoms with van der Waals surface area (Å²) in [6, 6.07) is 18.7. The summed E-state index contributed by atoms with van der Waals surface area (Å²) in [7, 11) is 1.47. The van der Waals surface area contributed by atoms with Crippen molar-refractivity contribution >= 4 is 29.3 Å². The summed E-state index contributed by atoms with van der Waals surface area (Å²) >= 11 is 0. The molecular formula is C28H27N3O5. The third-order valence-corrected chi connectivity index (χ3v) is 6.09. The average Bonchev–Trinajstić information content (AvgIpc) is 3.13. The number of methoxy groups -OCH3 is 1. The van der Waals surface area contributed by atoms with E-state index in [-0.39, 0.29) is 36.2 Å². The van der Waals surface area contributed by atoms with E-state index in [1.165, 1.54) is 12.0 Å². The lowest BCUT2D eigenvalue weighted by Crippen LogP contribution is -2.30. The number of nitrogens with one attached hydrogen (secondary N) is 2. The topological polar surface area (TPSA) is 105 Å². The number of amides is 4. The van der Waals surface area contributed by atoms with Crippen LogP contribution in [0.1, 0.15) is 68.5 Å². The highest BCUT2D eigenvalue weighted by Crippen LogP contribution is 2.27. The van der Waals surface area contributed by atoms with Gasteiger partial charge in [-0.3, -0.25) is 24.1 Å². The fourth-order valence-electron chi connectivity index (χ4n) is 4.06. The molecule has 4 rings (SSSR count). The number of benzene rings is 3. The van der Waals surface area contributed by atoms with Crippen LogP contribution in [0.2, 0.25) is 0 Å². The first kappa shape index (κ1) is 24.7. The molecule has 1 aliphatic heterocycles. The largest absolute Gasteiger partial charge is 0.496 e. The molecule has 0 aromatic heterocycles. The molecule has 1 heterocycles. The van der Waals surface area contributed by atoms with Crippen molar-refractivity contribution in [3.8, 4) is 5.75 Å². The first-order chi connectivity index (χ1) is 17.3. The molecule has 0 fully saturated rings. The SMILES string of the molecule is CCC(=O)Nc1ccc(C(C)NC(=O)c2cc(CN3C(=O)c4ccccc4C3=O)ccc2OC)cc1. The molecule has 184 valence electrons. The zero-order chi connectivity index (χ0) is 25.8. The van der Waals surface area contributed by atoms with Gasteiger partial charge in [0.2, 0.25) is 5.91 Å². The first-order valence-electron chi connectivity index (χ1n) is 11.6. The summed E-state index contributed by atoms with van der Waals surface area (Å²) in [5.41, 5.74) is 3.22. The molecule has 36 heavy (non-hydrogen) atoms. The molecule has 0 spiro atoms. The second kappa shape index (κ2) is 10.4. The Morgan fingerprint density at radius 1 is 0.944 bits per heavy atom. The number of nitrogens with zero attached hydrogens (tertiary/aromatic N) is 1. The number of fused-ring (bicyclic) bond motifs is 1. The summed E-state index contributed by atoms with van der Waals surface area (Å²) in [6.45, 7) is 3.67. The summed E-state index contributed by atoms with van der Waals surface area (Å²) in [6.07, 6.45) is 0.391. The normalized spacial score (nSPS) is 13.2. The van der Waals surface area contributed by atoms with Gasteiger partial charge in [0, 0.05) is 12.1 Å². The first-order valence-corrected chi connectivity index (χ1v) is 11.6. The van der Waals surface area contributed by atoms with Crippen LogP contribution in [0.25, 0.3) is 0 Å². The lowest BCUT2D eigenvalue weighted by atomic mass is 10.1. The van der Waals surface area contributed by atoms with E-state index in [1.807, 2.05) is 19.1 Å². The maximum atomic E-state index is 13.2. The molecule has 0 radical (unpaired) electrons. The molecule has 1 aliphatic rings. The fourth-order valence-corrected chi connectivity index (χ4v) is 4.06. The van der Waals surface area contributed by atoms with Gasteiger partial charge >= 0.3 is 0 Å². The summed E-state index contributed by atoms with van der Waals surface area (Å²) < 4.78 is 5.39. The van der Waals surface area contributed by atoms with Crippen LogP contribution in [0.5, 0.6) is 5.75 Å². The minimum Gasteiger partial charge on any atom is -0.496 e. The van der Waals surface area contributed by atoms with Gasteiger partial charge in [0.1, 0.15) is 5.75 Å². The summed E-state index contributed by atoms with van der Waals surface area (Å²) in [5, 5.41) is 5.75. The highest BCUT2D eigenvalue weighted by atomic mass is 16.5. The Kier molecular flexibility index (Phi) is 7.15. The van der Waals surface area contributed by atoms with Crippen molar-refractivity contribution in [3.05, 3.63) is 94.5 Å². The van der Waals surface area contributed by atoms with Gasteiger partial charge in [0.05, 0.1) is 36.4 Å². The maximum Gasteiger partial charge on any atom is 0.261 e. The van der Waals surface area contributed by atoms with E-state index in [4.69, 9.17) is 4.74 Å². The molecule has 0 saturated heterocycles. The Morgan fingerprint density at radius 3 is 2.17 bits per heavy atom. The summed E-state index contributed by atoms with van der Waals surface area (Å²) in [5.74, 6) is -0.762. The van der Waals surface area contributed by atoms with E-state index in [1.54, 1.807) is 61.5 Å². The van der Waals surface area contributed by atoms with Crippen LogP contribution >= 0.6 is 0 Å². The lowest BCUT2D eigenvalue weighted by Gasteiger charge is -2.18. The van der Waals surface area contributed by atoms with Crippen LogP contribution in [-0.2, 0) is 11.3 Å². The van der Waals surface area contributed by atoms with E-state index in [2.05, 4.69) is 10.6 Å². The highest BCUT2D eigenvalue weighted by molar-refractivity contribution is 6.21. The van der Waals surface area contributed by atoms with Gasteiger partial charge in [0.25, 0.3) is 17.7 Å². The van der Waals surface area contributed by atoms with E-state index >= 15 is 0 Å². The van der Waals surface area contributed by atoms with Crippen molar-refractivity contribution in [1.82, 2.24) is 10.2 Å². The van der Waals surface area contributed by atoms with Gasteiger partial charge < -0.3 is 15.4 Å². The minimum absolute atomic E-state index is 0.0388. The Morgan fingerprint density at radius 2 is 1.58 bits per heavy atom. The predicted octanol–water partition coefficient (Wildman–Crippen LogP) is 4.33. The Balaban J connectivity index is 1.49. The molecule has 4 amide bonds. The van der Waals surface area contributed by atoms with Gasteiger partial charge in [-0.05, 0) is 54.4 Å².